The summed E-state index contributed by atoms with van der Waals surface area (Å²) in [4.78, 5) is 20.6. The van der Waals surface area contributed by atoms with E-state index in [0.717, 1.165) is 0 Å². The minimum absolute atomic E-state index is 0.0621. The second-order valence-electron chi connectivity index (χ2n) is 1.91. The molecule has 0 aliphatic carbocycles. The molecule has 0 aromatic rings. The van der Waals surface area contributed by atoms with Crippen LogP contribution in [0.5, 0.6) is 0 Å². The number of urea groups is 1. The van der Waals surface area contributed by atoms with Crippen LogP contribution < -0.4 is 10.6 Å². The predicted molar refractivity (Wildman–Crippen MR) is 39.3 cm³/mol. The standard InChI is InChI=1S/C6H9N3O3/c7-2-4-9-6(12)8-3-1-5(10)11/h1,3-4H2,(H,10,11)(H2,8,9,12). The number of carboxylic acids is 1. The third-order valence-corrected chi connectivity index (χ3v) is 0.952. The lowest BCUT2D eigenvalue weighted by molar-refractivity contribution is -0.136. The monoisotopic (exact) mass is 171 g/mol. The van der Waals surface area contributed by atoms with E-state index in [-0.39, 0.29) is 19.5 Å². The molecule has 0 radical (unpaired) electrons. The van der Waals surface area contributed by atoms with Crippen LogP contribution >= 0.6 is 0 Å². The van der Waals surface area contributed by atoms with Crippen molar-refractivity contribution in [3.05, 3.63) is 0 Å². The van der Waals surface area contributed by atoms with Crippen molar-refractivity contribution in [1.29, 1.82) is 5.26 Å². The smallest absolute Gasteiger partial charge is 0.315 e. The van der Waals surface area contributed by atoms with Crippen LogP contribution in [0, 0.1) is 11.3 Å². The number of carbonyl (C=O) groups excluding carboxylic acids is 1. The van der Waals surface area contributed by atoms with E-state index < -0.39 is 12.0 Å². The maximum atomic E-state index is 10.6. The van der Waals surface area contributed by atoms with Crippen molar-refractivity contribution in [3.8, 4) is 6.07 Å². The average Bonchev–Trinajstić information content (AvgIpc) is 2.00. The highest BCUT2D eigenvalue weighted by Crippen LogP contribution is 1.74. The van der Waals surface area contributed by atoms with E-state index in [1.807, 2.05) is 0 Å². The van der Waals surface area contributed by atoms with Gasteiger partial charge in [-0.3, -0.25) is 4.79 Å². The second kappa shape index (κ2) is 5.97. The summed E-state index contributed by atoms with van der Waals surface area (Å²) in [6, 6.07) is 1.18. The number of nitrogens with one attached hydrogen (secondary N) is 2. The Morgan fingerprint density at radius 1 is 1.42 bits per heavy atom. The van der Waals surface area contributed by atoms with Gasteiger partial charge in [0.15, 0.2) is 0 Å². The summed E-state index contributed by atoms with van der Waals surface area (Å²) in [7, 11) is 0. The molecule has 0 aromatic heterocycles. The minimum Gasteiger partial charge on any atom is -0.481 e. The number of hydrogen-bond acceptors (Lipinski definition) is 3. The van der Waals surface area contributed by atoms with Crippen molar-refractivity contribution in [2.24, 2.45) is 0 Å². The molecule has 0 rings (SSSR count). The van der Waals surface area contributed by atoms with Crippen LogP contribution in [-0.2, 0) is 4.79 Å². The molecule has 0 bridgehead atoms. The van der Waals surface area contributed by atoms with Crippen molar-refractivity contribution >= 4 is 12.0 Å². The van der Waals surface area contributed by atoms with Gasteiger partial charge in [0.25, 0.3) is 0 Å². The van der Waals surface area contributed by atoms with E-state index in [2.05, 4.69) is 10.6 Å². The number of hydrogen-bond donors (Lipinski definition) is 3. The number of nitriles is 1. The second-order valence-corrected chi connectivity index (χ2v) is 1.91. The van der Waals surface area contributed by atoms with Gasteiger partial charge in [0, 0.05) is 6.54 Å². The summed E-state index contributed by atoms with van der Waals surface area (Å²) >= 11 is 0. The van der Waals surface area contributed by atoms with Crippen LogP contribution in [0.3, 0.4) is 0 Å². The van der Waals surface area contributed by atoms with Crippen molar-refractivity contribution in [1.82, 2.24) is 10.6 Å². The SMILES string of the molecule is N#CCNC(=O)NCCC(=O)O. The number of carbonyl (C=O) groups is 2. The molecular weight excluding hydrogens is 162 g/mol. The Bertz CT molecular complexity index is 209. The number of amides is 2. The van der Waals surface area contributed by atoms with Gasteiger partial charge in [-0.15, -0.1) is 0 Å². The van der Waals surface area contributed by atoms with Crippen LogP contribution in [0.4, 0.5) is 4.79 Å². The molecule has 0 aliphatic heterocycles. The predicted octanol–water partition coefficient (Wildman–Crippen LogP) is -0.716. The lowest BCUT2D eigenvalue weighted by Crippen LogP contribution is -2.36. The molecule has 2 amide bonds. The van der Waals surface area contributed by atoms with Gasteiger partial charge in [0.1, 0.15) is 6.54 Å². The zero-order valence-electron chi connectivity index (χ0n) is 6.33. The first-order chi connectivity index (χ1) is 5.66. The highest BCUT2D eigenvalue weighted by molar-refractivity contribution is 5.75. The van der Waals surface area contributed by atoms with Gasteiger partial charge in [-0.05, 0) is 0 Å². The minimum atomic E-state index is -0.976. The molecule has 0 fully saturated rings. The molecule has 66 valence electrons. The third-order valence-electron chi connectivity index (χ3n) is 0.952. The fraction of sp³-hybridized carbons (Fsp3) is 0.500. The van der Waals surface area contributed by atoms with Gasteiger partial charge >= 0.3 is 12.0 Å². The number of aliphatic carboxylic acids is 1. The summed E-state index contributed by atoms with van der Waals surface area (Å²) in [6.45, 7) is -0.0223. The van der Waals surface area contributed by atoms with Crippen molar-refractivity contribution in [3.63, 3.8) is 0 Å². The largest absolute Gasteiger partial charge is 0.481 e. The highest BCUT2D eigenvalue weighted by atomic mass is 16.4. The Hall–Kier alpha value is -1.77. The maximum Gasteiger partial charge on any atom is 0.315 e. The van der Waals surface area contributed by atoms with E-state index in [0.29, 0.717) is 0 Å². The van der Waals surface area contributed by atoms with Crippen LogP contribution in [0.1, 0.15) is 6.42 Å². The lowest BCUT2D eigenvalue weighted by Gasteiger charge is -2.01. The third kappa shape index (κ3) is 6.35. The molecular formula is C6H9N3O3. The fourth-order valence-electron chi connectivity index (χ4n) is 0.465. The molecule has 0 aromatic carbocycles. The number of rotatable bonds is 4. The highest BCUT2D eigenvalue weighted by Gasteiger charge is 1.99. The van der Waals surface area contributed by atoms with Crippen LogP contribution in [0.15, 0.2) is 0 Å². The normalized spacial score (nSPS) is 8.25. The summed E-state index contributed by atoms with van der Waals surface area (Å²) < 4.78 is 0. The van der Waals surface area contributed by atoms with Gasteiger partial charge in [-0.25, -0.2) is 4.79 Å². The first kappa shape index (κ1) is 10.2. The molecule has 0 heterocycles. The van der Waals surface area contributed by atoms with Gasteiger partial charge in [-0.1, -0.05) is 0 Å². The lowest BCUT2D eigenvalue weighted by atomic mass is 10.4. The molecule has 0 saturated carbocycles. The Morgan fingerprint density at radius 2 is 2.08 bits per heavy atom. The summed E-state index contributed by atoms with van der Waals surface area (Å²) in [6.07, 6.45) is -0.125. The summed E-state index contributed by atoms with van der Waals surface area (Å²) in [5.74, 6) is -0.976. The van der Waals surface area contributed by atoms with E-state index >= 15 is 0 Å². The molecule has 0 saturated heterocycles. The fourth-order valence-corrected chi connectivity index (χ4v) is 0.465. The van der Waals surface area contributed by atoms with Crippen LogP contribution in [0.25, 0.3) is 0 Å². The van der Waals surface area contributed by atoms with Gasteiger partial charge in [-0.2, -0.15) is 5.26 Å². The summed E-state index contributed by atoms with van der Waals surface area (Å²) in [5, 5.41) is 20.7. The quantitative estimate of drug-likeness (QED) is 0.486. The van der Waals surface area contributed by atoms with E-state index in [4.69, 9.17) is 10.4 Å². The molecule has 0 spiro atoms. The Labute approximate surface area is 69.2 Å². The first-order valence-electron chi connectivity index (χ1n) is 3.27. The molecule has 6 nitrogen and oxygen atoms in total. The van der Waals surface area contributed by atoms with Gasteiger partial charge < -0.3 is 15.7 Å². The van der Waals surface area contributed by atoms with E-state index in [1.54, 1.807) is 6.07 Å². The first-order valence-corrected chi connectivity index (χ1v) is 3.27. The Balaban J connectivity index is 3.33. The van der Waals surface area contributed by atoms with Gasteiger partial charge in [0.05, 0.1) is 12.5 Å². The number of carboxylic acid groups (broad SMARTS) is 1. The zero-order valence-corrected chi connectivity index (χ0v) is 6.33. The molecule has 3 N–H and O–H groups in total. The van der Waals surface area contributed by atoms with Gasteiger partial charge in [0.2, 0.25) is 0 Å². The topological polar surface area (TPSA) is 102 Å². The Kier molecular flexibility index (Phi) is 5.09. The average molecular weight is 171 g/mol. The van der Waals surface area contributed by atoms with Crippen molar-refractivity contribution in [2.75, 3.05) is 13.1 Å². The van der Waals surface area contributed by atoms with E-state index in [1.165, 1.54) is 0 Å². The molecule has 0 aliphatic rings. The summed E-state index contributed by atoms with van der Waals surface area (Å²) in [5.41, 5.74) is 0. The van der Waals surface area contributed by atoms with Crippen molar-refractivity contribution in [2.45, 2.75) is 6.42 Å². The molecule has 0 atom stereocenters. The number of nitrogens with zero attached hydrogens (tertiary/aromatic N) is 1. The van der Waals surface area contributed by atoms with Crippen LogP contribution in [0.2, 0.25) is 0 Å². The zero-order chi connectivity index (χ0) is 9.40. The Morgan fingerprint density at radius 3 is 2.58 bits per heavy atom. The molecule has 0 unspecified atom stereocenters. The van der Waals surface area contributed by atoms with E-state index in [9.17, 15) is 9.59 Å². The maximum absolute atomic E-state index is 10.6. The van der Waals surface area contributed by atoms with Crippen molar-refractivity contribution < 1.29 is 14.7 Å². The molecule has 12 heavy (non-hydrogen) atoms. The van der Waals surface area contributed by atoms with Crippen LogP contribution in [-0.4, -0.2) is 30.2 Å². The molecule has 6 heteroatoms.